The van der Waals surface area contributed by atoms with Crippen LogP contribution in [-0.2, 0) is 20.7 Å². The van der Waals surface area contributed by atoms with Gasteiger partial charge in [0.05, 0.1) is 22.7 Å². The third kappa shape index (κ3) is 6.09. The Morgan fingerprint density at radius 2 is 2.10 bits per heavy atom. The van der Waals surface area contributed by atoms with Crippen LogP contribution in [0.1, 0.15) is 18.9 Å². The van der Waals surface area contributed by atoms with Gasteiger partial charge in [0.1, 0.15) is 16.8 Å². The summed E-state index contributed by atoms with van der Waals surface area (Å²) >= 11 is 1.80. The zero-order chi connectivity index (χ0) is 21.3. The Morgan fingerprint density at radius 3 is 2.77 bits per heavy atom. The second kappa shape index (κ2) is 11.2. The van der Waals surface area contributed by atoms with Gasteiger partial charge < -0.3 is 9.29 Å². The second-order valence-electron chi connectivity index (χ2n) is 6.29. The highest BCUT2D eigenvalue weighted by Gasteiger charge is 2.18. The molecule has 0 N–H and O–H groups in total. The molecule has 0 aliphatic rings. The number of pyridine rings is 1. The first-order valence-corrected chi connectivity index (χ1v) is 12.6. The van der Waals surface area contributed by atoms with Crippen LogP contribution >= 0.6 is 23.1 Å². The summed E-state index contributed by atoms with van der Waals surface area (Å²) in [6.45, 7) is 1.62. The zero-order valence-electron chi connectivity index (χ0n) is 16.4. The summed E-state index contributed by atoms with van der Waals surface area (Å²) in [6.07, 6.45) is 0.537. The van der Waals surface area contributed by atoms with E-state index in [9.17, 15) is 14.6 Å². The first-order valence-electron chi connectivity index (χ1n) is 9.24. The molecule has 0 amide bonds. The van der Waals surface area contributed by atoms with Crippen molar-refractivity contribution in [2.75, 3.05) is 17.4 Å². The third-order valence-corrected chi connectivity index (χ3v) is 7.83. The monoisotopic (exact) mass is 456 g/mol. The van der Waals surface area contributed by atoms with Gasteiger partial charge in [0, 0.05) is 18.9 Å². The lowest BCUT2D eigenvalue weighted by Gasteiger charge is -2.13. The lowest BCUT2D eigenvalue weighted by Crippen LogP contribution is -2.12. The summed E-state index contributed by atoms with van der Waals surface area (Å²) in [4.78, 5) is 16.5. The van der Waals surface area contributed by atoms with E-state index >= 15 is 0 Å². The zero-order valence-corrected chi connectivity index (χ0v) is 18.8. The predicted octanol–water partition coefficient (Wildman–Crippen LogP) is 5.10. The van der Waals surface area contributed by atoms with Crippen molar-refractivity contribution in [3.8, 4) is 27.8 Å². The van der Waals surface area contributed by atoms with Crippen LogP contribution in [-0.4, -0.2) is 33.0 Å². The van der Waals surface area contributed by atoms with E-state index in [1.54, 1.807) is 11.3 Å². The number of carbonyl (C=O) groups is 1. The Morgan fingerprint density at radius 1 is 1.30 bits per heavy atom. The van der Waals surface area contributed by atoms with Gasteiger partial charge in [0.2, 0.25) is 0 Å². The minimum Gasteiger partial charge on any atom is -0.616 e. The van der Waals surface area contributed by atoms with Crippen LogP contribution in [0.15, 0.2) is 58.9 Å². The molecule has 8 heteroatoms. The molecule has 0 bridgehead atoms. The number of thiophene rings is 1. The molecule has 1 atom stereocenters. The summed E-state index contributed by atoms with van der Waals surface area (Å²) < 4.78 is 17.2. The van der Waals surface area contributed by atoms with Gasteiger partial charge in [-0.3, -0.25) is 4.79 Å². The van der Waals surface area contributed by atoms with Crippen LogP contribution in [0.3, 0.4) is 0 Å². The number of nitrogens with zero attached hydrogens (tertiary/aromatic N) is 2. The number of hydrogen-bond acceptors (Lipinski definition) is 7. The average molecular weight is 457 g/mol. The minimum atomic E-state index is -1.12. The lowest BCUT2D eigenvalue weighted by atomic mass is 10.0. The topological polar surface area (TPSA) is 86.0 Å². The maximum Gasteiger partial charge on any atom is 0.302 e. The molecule has 30 heavy (non-hydrogen) atoms. The number of esters is 1. The minimum absolute atomic E-state index is 0.263. The SMILES string of the molecule is CC(=O)OCCC[S+]([O-])CSc1nc(-c2cccs2)cc(-c2ccccc2)c1C#N. The Labute approximate surface area is 187 Å². The fourth-order valence-corrected chi connectivity index (χ4v) is 5.78. The van der Waals surface area contributed by atoms with Gasteiger partial charge in [-0.1, -0.05) is 48.2 Å². The molecule has 0 saturated heterocycles. The van der Waals surface area contributed by atoms with Crippen molar-refractivity contribution in [1.82, 2.24) is 4.98 Å². The van der Waals surface area contributed by atoms with Gasteiger partial charge in [-0.25, -0.2) is 4.98 Å². The van der Waals surface area contributed by atoms with E-state index in [-0.39, 0.29) is 12.6 Å². The standard InChI is InChI=1S/C22H20N2O3S3/c1-16(25)27-10-6-12-30(26)15-29-22-19(14-23)18(17-7-3-2-4-8-17)13-20(24-22)21-9-5-11-28-21/h2-5,7-9,11,13H,6,10,12,15H2,1H3. The highest BCUT2D eigenvalue weighted by Crippen LogP contribution is 2.35. The van der Waals surface area contributed by atoms with E-state index in [1.807, 2.05) is 53.9 Å². The second-order valence-corrected chi connectivity index (χ2v) is 10.1. The van der Waals surface area contributed by atoms with Crippen LogP contribution in [0.25, 0.3) is 21.7 Å². The Balaban J connectivity index is 1.83. The molecule has 0 aliphatic heterocycles. The van der Waals surface area contributed by atoms with Gasteiger partial charge in [-0.2, -0.15) is 5.26 Å². The molecule has 3 aromatic rings. The number of nitriles is 1. The van der Waals surface area contributed by atoms with Crippen molar-refractivity contribution in [3.63, 3.8) is 0 Å². The number of thioether (sulfide) groups is 1. The molecule has 0 radical (unpaired) electrons. The smallest absolute Gasteiger partial charge is 0.302 e. The summed E-state index contributed by atoms with van der Waals surface area (Å²) in [7, 11) is 0. The molecule has 2 heterocycles. The molecule has 0 aliphatic carbocycles. The number of hydrogen-bond donors (Lipinski definition) is 0. The van der Waals surface area contributed by atoms with Crippen LogP contribution < -0.4 is 0 Å². The third-order valence-electron chi connectivity index (χ3n) is 4.11. The van der Waals surface area contributed by atoms with Crippen molar-refractivity contribution in [3.05, 3.63) is 59.5 Å². The normalized spacial score (nSPS) is 11.6. The average Bonchev–Trinajstić information content (AvgIpc) is 3.30. The molecule has 0 spiro atoms. The number of ether oxygens (including phenoxy) is 1. The fourth-order valence-electron chi connectivity index (χ4n) is 2.75. The van der Waals surface area contributed by atoms with Gasteiger partial charge in [-0.15, -0.1) is 11.3 Å². The van der Waals surface area contributed by atoms with E-state index in [4.69, 9.17) is 9.72 Å². The summed E-state index contributed by atoms with van der Waals surface area (Å²) in [5, 5.41) is 12.7. The molecule has 0 fully saturated rings. The van der Waals surface area contributed by atoms with Gasteiger partial charge in [0.15, 0.2) is 5.08 Å². The number of carbonyl (C=O) groups excluding carboxylic acids is 1. The molecule has 1 aromatic carbocycles. The highest BCUT2D eigenvalue weighted by atomic mass is 32.3. The van der Waals surface area contributed by atoms with Crippen LogP contribution in [0.2, 0.25) is 0 Å². The largest absolute Gasteiger partial charge is 0.616 e. The van der Waals surface area contributed by atoms with Crippen molar-refractivity contribution in [2.45, 2.75) is 18.4 Å². The molecule has 1 unspecified atom stereocenters. The van der Waals surface area contributed by atoms with Crippen LogP contribution in [0.5, 0.6) is 0 Å². The Hall–Kier alpha value is -2.31. The molecular formula is C22H20N2O3S3. The molecule has 154 valence electrons. The van der Waals surface area contributed by atoms with Gasteiger partial charge in [0.25, 0.3) is 0 Å². The van der Waals surface area contributed by atoms with E-state index in [0.717, 1.165) is 21.7 Å². The Kier molecular flexibility index (Phi) is 8.34. The maximum absolute atomic E-state index is 12.4. The van der Waals surface area contributed by atoms with Crippen molar-refractivity contribution in [1.29, 1.82) is 5.26 Å². The molecule has 5 nitrogen and oxygen atoms in total. The summed E-state index contributed by atoms with van der Waals surface area (Å²) in [6, 6.07) is 17.9. The quantitative estimate of drug-likeness (QED) is 0.193. The lowest BCUT2D eigenvalue weighted by molar-refractivity contribution is -0.140. The first-order chi connectivity index (χ1) is 14.6. The number of aromatic nitrogens is 1. The van der Waals surface area contributed by atoms with Crippen molar-refractivity contribution >= 4 is 40.2 Å². The van der Waals surface area contributed by atoms with Crippen LogP contribution in [0.4, 0.5) is 0 Å². The molecule has 2 aromatic heterocycles. The maximum atomic E-state index is 12.4. The van der Waals surface area contributed by atoms with E-state index < -0.39 is 11.2 Å². The van der Waals surface area contributed by atoms with E-state index in [0.29, 0.717) is 27.8 Å². The van der Waals surface area contributed by atoms with Crippen LogP contribution in [0, 0.1) is 11.3 Å². The number of rotatable bonds is 9. The van der Waals surface area contributed by atoms with Crippen molar-refractivity contribution in [2.24, 2.45) is 0 Å². The summed E-state index contributed by atoms with van der Waals surface area (Å²) in [5.74, 6) is 0.0926. The first kappa shape index (κ1) is 22.4. The van der Waals surface area contributed by atoms with E-state index in [2.05, 4.69) is 6.07 Å². The van der Waals surface area contributed by atoms with Crippen molar-refractivity contribution < 1.29 is 14.1 Å². The Bertz CT molecular complexity index is 1020. The molecular weight excluding hydrogens is 436 g/mol. The van der Waals surface area contributed by atoms with Gasteiger partial charge in [-0.05, 0) is 34.3 Å². The van der Waals surface area contributed by atoms with E-state index in [1.165, 1.54) is 18.7 Å². The van der Waals surface area contributed by atoms with Gasteiger partial charge >= 0.3 is 5.97 Å². The fraction of sp³-hybridized carbons (Fsp3) is 0.227. The summed E-state index contributed by atoms with van der Waals surface area (Å²) in [5.41, 5.74) is 3.05. The molecule has 0 saturated carbocycles. The molecule has 3 rings (SSSR count). The number of benzene rings is 1. The highest BCUT2D eigenvalue weighted by molar-refractivity contribution is 8.12. The predicted molar refractivity (Wildman–Crippen MR) is 123 cm³/mol.